The highest BCUT2D eigenvalue weighted by molar-refractivity contribution is 6.29. The van der Waals surface area contributed by atoms with Gasteiger partial charge in [0.1, 0.15) is 11.9 Å². The molecule has 9 heteroatoms. The van der Waals surface area contributed by atoms with Crippen molar-refractivity contribution in [2.75, 3.05) is 12.3 Å². The van der Waals surface area contributed by atoms with Crippen LogP contribution in [0.4, 0.5) is 5.69 Å². The Bertz CT molecular complexity index is 821. The maximum absolute atomic E-state index is 5.95. The summed E-state index contributed by atoms with van der Waals surface area (Å²) < 4.78 is 9.04. The Labute approximate surface area is 130 Å². The number of ether oxygens (including phenoxy) is 1. The van der Waals surface area contributed by atoms with E-state index in [-0.39, 0.29) is 11.4 Å². The van der Waals surface area contributed by atoms with Crippen LogP contribution in [0.25, 0.3) is 17.2 Å². The fourth-order valence-corrected chi connectivity index (χ4v) is 2.77. The largest absolute Gasteiger partial charge is 0.396 e. The first-order valence-corrected chi connectivity index (χ1v) is 7.45. The maximum Gasteiger partial charge on any atom is 0.205 e. The third kappa shape index (κ3) is 2.20. The van der Waals surface area contributed by atoms with Gasteiger partial charge in [0.15, 0.2) is 5.15 Å². The van der Waals surface area contributed by atoms with Crippen molar-refractivity contribution in [2.24, 2.45) is 0 Å². The van der Waals surface area contributed by atoms with E-state index in [0.717, 1.165) is 25.9 Å². The normalized spacial score (nSPS) is 18.9. The number of nitrogens with zero attached hydrogens (tertiary/aromatic N) is 6. The van der Waals surface area contributed by atoms with Crippen LogP contribution in [0.5, 0.6) is 0 Å². The van der Waals surface area contributed by atoms with Gasteiger partial charge in [-0.1, -0.05) is 11.6 Å². The molecule has 0 saturated carbocycles. The van der Waals surface area contributed by atoms with Crippen LogP contribution in [-0.4, -0.2) is 36.2 Å². The van der Waals surface area contributed by atoms with Gasteiger partial charge < -0.3 is 10.5 Å². The number of rotatable bonds is 2. The van der Waals surface area contributed by atoms with E-state index in [1.54, 1.807) is 6.07 Å². The summed E-state index contributed by atoms with van der Waals surface area (Å²) in [6.45, 7) is 0.765. The molecule has 1 aliphatic rings. The van der Waals surface area contributed by atoms with Gasteiger partial charge in [-0.25, -0.2) is 4.68 Å². The highest BCUT2D eigenvalue weighted by Gasteiger charge is 2.19. The highest BCUT2D eigenvalue weighted by Crippen LogP contribution is 2.25. The molecular formula is C13H14ClN7O. The van der Waals surface area contributed by atoms with Crippen LogP contribution in [0.3, 0.4) is 0 Å². The van der Waals surface area contributed by atoms with Gasteiger partial charge in [-0.3, -0.25) is 0 Å². The van der Waals surface area contributed by atoms with Gasteiger partial charge in [0.05, 0.1) is 5.69 Å². The second kappa shape index (κ2) is 5.22. The fourth-order valence-electron chi connectivity index (χ4n) is 2.58. The third-order valence-electron chi connectivity index (χ3n) is 3.66. The van der Waals surface area contributed by atoms with E-state index >= 15 is 0 Å². The minimum absolute atomic E-state index is 0.0247. The lowest BCUT2D eigenvalue weighted by Gasteiger charge is -2.22. The lowest BCUT2D eigenvalue weighted by atomic mass is 10.2. The zero-order chi connectivity index (χ0) is 15.1. The minimum atomic E-state index is -0.0247. The maximum atomic E-state index is 5.95. The van der Waals surface area contributed by atoms with Crippen LogP contribution in [0.1, 0.15) is 25.5 Å². The lowest BCUT2D eigenvalue weighted by molar-refractivity contribution is -0.0393. The van der Waals surface area contributed by atoms with Crippen molar-refractivity contribution in [1.29, 1.82) is 0 Å². The summed E-state index contributed by atoms with van der Waals surface area (Å²) in [7, 11) is 0. The smallest absolute Gasteiger partial charge is 0.205 e. The molecule has 1 saturated heterocycles. The van der Waals surface area contributed by atoms with Gasteiger partial charge in [-0.2, -0.15) is 14.7 Å². The van der Waals surface area contributed by atoms with Crippen molar-refractivity contribution in [3.63, 3.8) is 0 Å². The number of anilines is 1. The van der Waals surface area contributed by atoms with Crippen molar-refractivity contribution in [3.8, 4) is 11.5 Å². The second-order valence-corrected chi connectivity index (χ2v) is 5.57. The second-order valence-electron chi connectivity index (χ2n) is 5.18. The molecule has 3 aromatic heterocycles. The van der Waals surface area contributed by atoms with Crippen LogP contribution in [0.2, 0.25) is 5.15 Å². The van der Waals surface area contributed by atoms with Gasteiger partial charge in [0.25, 0.3) is 0 Å². The predicted molar refractivity (Wildman–Crippen MR) is 80.3 cm³/mol. The zero-order valence-corrected chi connectivity index (χ0v) is 12.4. The van der Waals surface area contributed by atoms with Gasteiger partial charge in [0, 0.05) is 18.9 Å². The van der Waals surface area contributed by atoms with E-state index in [9.17, 15) is 0 Å². The Balaban J connectivity index is 1.74. The first-order valence-electron chi connectivity index (χ1n) is 7.07. The predicted octanol–water partition coefficient (Wildman–Crippen LogP) is 1.92. The highest BCUT2D eigenvalue weighted by atomic mass is 35.5. The van der Waals surface area contributed by atoms with Crippen LogP contribution in [-0.2, 0) is 4.74 Å². The quantitative estimate of drug-likeness (QED) is 0.775. The summed E-state index contributed by atoms with van der Waals surface area (Å²) in [5.74, 6) is 0.499. The van der Waals surface area contributed by atoms with Gasteiger partial charge >= 0.3 is 0 Å². The number of nitrogens with two attached hydrogens (primary N) is 1. The number of halogens is 1. The first kappa shape index (κ1) is 13.5. The molecule has 0 spiro atoms. The molecule has 0 amide bonds. The molecular weight excluding hydrogens is 306 g/mol. The number of hydrogen-bond donors (Lipinski definition) is 1. The van der Waals surface area contributed by atoms with E-state index in [2.05, 4.69) is 20.4 Å². The minimum Gasteiger partial charge on any atom is -0.396 e. The lowest BCUT2D eigenvalue weighted by Crippen LogP contribution is -2.18. The molecule has 2 N–H and O–H groups in total. The van der Waals surface area contributed by atoms with E-state index < -0.39 is 0 Å². The SMILES string of the molecule is Nc1cc(Cl)nn2c(-c3ccn(C4CCCCO4)n3)nnc12. The summed E-state index contributed by atoms with van der Waals surface area (Å²) in [4.78, 5) is 0. The summed E-state index contributed by atoms with van der Waals surface area (Å²) >= 11 is 5.95. The average molecular weight is 320 g/mol. The number of fused-ring (bicyclic) bond motifs is 1. The summed E-state index contributed by atoms with van der Waals surface area (Å²) in [6, 6.07) is 3.40. The summed E-state index contributed by atoms with van der Waals surface area (Å²) in [6.07, 6.45) is 5.05. The Kier molecular flexibility index (Phi) is 3.20. The van der Waals surface area contributed by atoms with E-state index in [1.165, 1.54) is 4.52 Å². The average Bonchev–Trinajstić information content (AvgIpc) is 3.14. The first-order chi connectivity index (χ1) is 10.7. The van der Waals surface area contributed by atoms with Gasteiger partial charge in [-0.15, -0.1) is 10.2 Å². The molecule has 22 heavy (non-hydrogen) atoms. The number of nitrogen functional groups attached to an aromatic ring is 1. The molecule has 8 nitrogen and oxygen atoms in total. The molecule has 4 rings (SSSR count). The Morgan fingerprint density at radius 1 is 1.27 bits per heavy atom. The van der Waals surface area contributed by atoms with Crippen molar-refractivity contribution < 1.29 is 4.74 Å². The van der Waals surface area contributed by atoms with E-state index in [4.69, 9.17) is 22.1 Å². The summed E-state index contributed by atoms with van der Waals surface area (Å²) in [5.41, 5.74) is 7.41. The Morgan fingerprint density at radius 2 is 2.18 bits per heavy atom. The fraction of sp³-hybridized carbons (Fsp3) is 0.385. The van der Waals surface area contributed by atoms with E-state index in [1.807, 2.05) is 16.9 Å². The van der Waals surface area contributed by atoms with Crippen molar-refractivity contribution in [3.05, 3.63) is 23.5 Å². The van der Waals surface area contributed by atoms with Gasteiger partial charge in [-0.05, 0) is 25.3 Å². The molecule has 0 bridgehead atoms. The molecule has 1 aliphatic heterocycles. The Morgan fingerprint density at radius 3 is 3.00 bits per heavy atom. The summed E-state index contributed by atoms with van der Waals surface area (Å²) in [5, 5.41) is 17.2. The monoisotopic (exact) mass is 319 g/mol. The van der Waals surface area contributed by atoms with Crippen LogP contribution < -0.4 is 5.73 Å². The molecule has 3 aromatic rings. The van der Waals surface area contributed by atoms with Crippen LogP contribution in [0.15, 0.2) is 18.3 Å². The van der Waals surface area contributed by atoms with Crippen molar-refractivity contribution in [2.45, 2.75) is 25.5 Å². The third-order valence-corrected chi connectivity index (χ3v) is 3.84. The van der Waals surface area contributed by atoms with Crippen molar-refractivity contribution >= 4 is 22.9 Å². The molecule has 1 unspecified atom stereocenters. The van der Waals surface area contributed by atoms with Crippen LogP contribution >= 0.6 is 11.6 Å². The van der Waals surface area contributed by atoms with Crippen LogP contribution in [0, 0.1) is 0 Å². The van der Waals surface area contributed by atoms with Gasteiger partial charge in [0.2, 0.25) is 11.5 Å². The molecule has 114 valence electrons. The van der Waals surface area contributed by atoms with Crippen molar-refractivity contribution in [1.82, 2.24) is 29.6 Å². The Hall–Kier alpha value is -2.19. The molecule has 0 aromatic carbocycles. The van der Waals surface area contributed by atoms with E-state index in [0.29, 0.717) is 22.9 Å². The molecule has 0 radical (unpaired) electrons. The zero-order valence-electron chi connectivity index (χ0n) is 11.7. The topological polar surface area (TPSA) is 96.1 Å². The molecule has 1 atom stereocenters. The standard InChI is InChI=1S/C13H14ClN7O/c14-10-7-8(15)12-16-17-13(21(12)19-10)9-4-5-20(18-9)11-3-1-2-6-22-11/h4-5,7,11H,1-3,6,15H2. The number of aromatic nitrogens is 6. The molecule has 0 aliphatic carbocycles. The molecule has 4 heterocycles. The number of hydrogen-bond acceptors (Lipinski definition) is 6. The molecule has 1 fully saturated rings.